The van der Waals surface area contributed by atoms with Gasteiger partial charge in [-0.2, -0.15) is 0 Å². The average Bonchev–Trinajstić information content (AvgIpc) is 3.05. The van der Waals surface area contributed by atoms with Gasteiger partial charge in [-0.05, 0) is 80.1 Å². The zero-order valence-electron chi connectivity index (χ0n) is 18.7. The van der Waals surface area contributed by atoms with E-state index in [0.29, 0.717) is 5.56 Å². The zero-order valence-corrected chi connectivity index (χ0v) is 18.7. The third-order valence-corrected chi connectivity index (χ3v) is 5.58. The number of aryl methyl sites for hydroxylation is 1. The number of nitrogens with one attached hydrogen (secondary N) is 1. The van der Waals surface area contributed by atoms with Crippen LogP contribution in [0.2, 0.25) is 0 Å². The van der Waals surface area contributed by atoms with E-state index in [9.17, 15) is 18.8 Å². The summed E-state index contributed by atoms with van der Waals surface area (Å²) in [4.78, 5) is 40.8. The number of anilines is 2. The van der Waals surface area contributed by atoms with Crippen molar-refractivity contribution in [3.63, 3.8) is 0 Å². The van der Waals surface area contributed by atoms with Crippen LogP contribution in [0.15, 0.2) is 60.2 Å². The van der Waals surface area contributed by atoms with Gasteiger partial charge in [0.05, 0.1) is 5.69 Å². The van der Waals surface area contributed by atoms with Gasteiger partial charge in [-0.25, -0.2) is 14.1 Å². The molecule has 168 valence electrons. The number of benzene rings is 2. The molecule has 33 heavy (non-hydrogen) atoms. The lowest BCUT2D eigenvalue weighted by Gasteiger charge is -2.26. The lowest BCUT2D eigenvalue weighted by molar-refractivity contribution is -0.122. The minimum atomic E-state index is -0.875. The van der Waals surface area contributed by atoms with Crippen molar-refractivity contribution in [2.45, 2.75) is 13.8 Å². The van der Waals surface area contributed by atoms with Gasteiger partial charge in [-0.3, -0.25) is 14.9 Å². The number of rotatable bonds is 4. The van der Waals surface area contributed by atoms with Gasteiger partial charge in [0.2, 0.25) is 0 Å². The highest BCUT2D eigenvalue weighted by Crippen LogP contribution is 2.27. The van der Waals surface area contributed by atoms with Crippen molar-refractivity contribution in [2.24, 2.45) is 0 Å². The van der Waals surface area contributed by atoms with Crippen molar-refractivity contribution in [2.75, 3.05) is 23.9 Å². The number of hydrogen-bond acceptors (Lipinski definition) is 4. The van der Waals surface area contributed by atoms with Gasteiger partial charge in [-0.15, -0.1) is 0 Å². The Morgan fingerprint density at radius 2 is 1.52 bits per heavy atom. The van der Waals surface area contributed by atoms with Crippen LogP contribution in [0.5, 0.6) is 0 Å². The van der Waals surface area contributed by atoms with Crippen LogP contribution in [0.25, 0.3) is 11.8 Å². The number of halogens is 1. The van der Waals surface area contributed by atoms with Crippen LogP contribution in [0.4, 0.5) is 20.6 Å². The van der Waals surface area contributed by atoms with Crippen LogP contribution in [0, 0.1) is 19.7 Å². The third kappa shape index (κ3) is 4.03. The number of carbonyl (C=O) groups excluding carboxylic acids is 3. The molecule has 0 radical (unpaired) electrons. The molecule has 0 aliphatic carbocycles. The smallest absolute Gasteiger partial charge is 0.335 e. The minimum absolute atomic E-state index is 0.170. The number of barbiturate groups is 1. The highest BCUT2D eigenvalue weighted by atomic mass is 19.1. The molecule has 4 rings (SSSR count). The lowest BCUT2D eigenvalue weighted by atomic mass is 10.1. The van der Waals surface area contributed by atoms with E-state index in [-0.39, 0.29) is 11.3 Å². The highest BCUT2D eigenvalue weighted by Gasteiger charge is 2.37. The summed E-state index contributed by atoms with van der Waals surface area (Å²) in [5.41, 5.74) is 4.44. The summed E-state index contributed by atoms with van der Waals surface area (Å²) >= 11 is 0. The molecule has 2 heterocycles. The second-order valence-corrected chi connectivity index (χ2v) is 8.01. The van der Waals surface area contributed by atoms with Gasteiger partial charge in [0.1, 0.15) is 11.4 Å². The first kappa shape index (κ1) is 22.0. The Kier molecular flexibility index (Phi) is 5.59. The maximum Gasteiger partial charge on any atom is 0.335 e. The number of amides is 4. The summed E-state index contributed by atoms with van der Waals surface area (Å²) in [7, 11) is 3.94. The summed E-state index contributed by atoms with van der Waals surface area (Å²) in [5, 5.41) is 2.19. The molecule has 2 aromatic carbocycles. The molecule has 1 aliphatic rings. The number of carbonyl (C=O) groups is 3. The van der Waals surface area contributed by atoms with Gasteiger partial charge in [-0.1, -0.05) is 0 Å². The van der Waals surface area contributed by atoms with Gasteiger partial charge in [0, 0.05) is 36.9 Å². The molecule has 4 amide bonds. The number of urea groups is 1. The molecule has 0 spiro atoms. The summed E-state index contributed by atoms with van der Waals surface area (Å²) in [5.74, 6) is -2.04. The van der Waals surface area contributed by atoms with Gasteiger partial charge < -0.3 is 9.47 Å². The lowest BCUT2D eigenvalue weighted by Crippen LogP contribution is -2.54. The Labute approximate surface area is 190 Å². The SMILES string of the molecule is Cc1cc(/C=C2/C(=O)NC(=O)N(c3ccc(F)cc3)C2=O)c(C)n1-c1ccc(N(C)C)cc1. The predicted molar refractivity (Wildman–Crippen MR) is 125 cm³/mol. The minimum Gasteiger partial charge on any atom is -0.378 e. The molecule has 7 nitrogen and oxygen atoms in total. The second kappa shape index (κ2) is 8.38. The molecule has 0 bridgehead atoms. The molecular weight excluding hydrogens is 423 g/mol. The van der Waals surface area contributed by atoms with Crippen LogP contribution < -0.4 is 15.1 Å². The zero-order chi connectivity index (χ0) is 23.9. The molecular formula is C25H23FN4O3. The Morgan fingerprint density at radius 3 is 2.12 bits per heavy atom. The van der Waals surface area contributed by atoms with Crippen LogP contribution in [-0.4, -0.2) is 36.5 Å². The molecule has 1 aromatic heterocycles. The summed E-state index contributed by atoms with van der Waals surface area (Å²) in [6.45, 7) is 3.83. The normalized spacial score (nSPS) is 15.2. The number of aromatic nitrogens is 1. The maximum atomic E-state index is 13.3. The fourth-order valence-corrected chi connectivity index (χ4v) is 3.87. The van der Waals surface area contributed by atoms with Crippen molar-refractivity contribution >= 4 is 35.3 Å². The molecule has 1 N–H and O–H groups in total. The quantitative estimate of drug-likeness (QED) is 0.486. The van der Waals surface area contributed by atoms with Crippen molar-refractivity contribution in [3.05, 3.63) is 82.9 Å². The summed E-state index contributed by atoms with van der Waals surface area (Å²) in [6, 6.07) is 13.9. The van der Waals surface area contributed by atoms with E-state index >= 15 is 0 Å². The van der Waals surface area contributed by atoms with Gasteiger partial charge >= 0.3 is 6.03 Å². The van der Waals surface area contributed by atoms with E-state index in [2.05, 4.69) is 5.32 Å². The van der Waals surface area contributed by atoms with Gasteiger partial charge in [0.25, 0.3) is 11.8 Å². The first-order valence-corrected chi connectivity index (χ1v) is 10.3. The second-order valence-electron chi connectivity index (χ2n) is 8.01. The first-order chi connectivity index (χ1) is 15.7. The van der Waals surface area contributed by atoms with E-state index in [0.717, 1.165) is 39.8 Å². The van der Waals surface area contributed by atoms with E-state index in [1.807, 2.05) is 67.7 Å². The van der Waals surface area contributed by atoms with Crippen LogP contribution in [0.1, 0.15) is 17.0 Å². The molecule has 1 fully saturated rings. The monoisotopic (exact) mass is 446 g/mol. The fourth-order valence-electron chi connectivity index (χ4n) is 3.87. The van der Waals surface area contributed by atoms with Crippen molar-refractivity contribution < 1.29 is 18.8 Å². The van der Waals surface area contributed by atoms with Crippen molar-refractivity contribution in [3.8, 4) is 5.69 Å². The number of nitrogens with zero attached hydrogens (tertiary/aromatic N) is 3. The third-order valence-electron chi connectivity index (χ3n) is 5.58. The maximum absolute atomic E-state index is 13.3. The topological polar surface area (TPSA) is 74.6 Å². The highest BCUT2D eigenvalue weighted by molar-refractivity contribution is 6.39. The average molecular weight is 446 g/mol. The molecule has 1 aliphatic heterocycles. The van der Waals surface area contributed by atoms with Crippen LogP contribution in [-0.2, 0) is 9.59 Å². The van der Waals surface area contributed by atoms with E-state index < -0.39 is 23.7 Å². The Hall–Kier alpha value is -4.20. The molecule has 3 aromatic rings. The van der Waals surface area contributed by atoms with E-state index in [4.69, 9.17) is 0 Å². The molecule has 1 saturated heterocycles. The van der Waals surface area contributed by atoms with Crippen molar-refractivity contribution in [1.82, 2.24) is 9.88 Å². The fraction of sp³-hybridized carbons (Fsp3) is 0.160. The first-order valence-electron chi connectivity index (χ1n) is 10.3. The van der Waals surface area contributed by atoms with Crippen molar-refractivity contribution in [1.29, 1.82) is 0 Å². The van der Waals surface area contributed by atoms with E-state index in [1.54, 1.807) is 0 Å². The van der Waals surface area contributed by atoms with Gasteiger partial charge in [0.15, 0.2) is 0 Å². The summed E-state index contributed by atoms with van der Waals surface area (Å²) in [6.07, 6.45) is 1.48. The summed E-state index contributed by atoms with van der Waals surface area (Å²) < 4.78 is 15.3. The molecule has 0 saturated carbocycles. The number of imide groups is 2. The largest absolute Gasteiger partial charge is 0.378 e. The standard InChI is InChI=1S/C25H23FN4O3/c1-15-13-17(16(2)29(15)20-11-9-19(10-12-20)28(3)4)14-22-23(31)27-25(33)30(24(22)32)21-7-5-18(26)6-8-21/h5-14H,1-4H3,(H,27,31,33)/b22-14-. The molecule has 8 heteroatoms. The Balaban J connectivity index is 1.72. The van der Waals surface area contributed by atoms with E-state index in [1.165, 1.54) is 18.2 Å². The Bertz CT molecular complexity index is 1290. The predicted octanol–water partition coefficient (Wildman–Crippen LogP) is 3.97. The van der Waals surface area contributed by atoms with Crippen LogP contribution in [0.3, 0.4) is 0 Å². The molecule has 0 unspecified atom stereocenters. The Morgan fingerprint density at radius 1 is 0.909 bits per heavy atom. The molecule has 0 atom stereocenters. The van der Waals surface area contributed by atoms with Crippen LogP contribution >= 0.6 is 0 Å². The number of hydrogen-bond donors (Lipinski definition) is 1.